The minimum Gasteiger partial charge on any atom is -0.366 e. The van der Waals surface area contributed by atoms with Gasteiger partial charge in [0.05, 0.1) is 5.69 Å². The molecule has 0 aromatic carbocycles. The van der Waals surface area contributed by atoms with Crippen LogP contribution in [0, 0.1) is 0 Å². The summed E-state index contributed by atoms with van der Waals surface area (Å²) in [4.78, 5) is 4.21. The molecule has 2 heterocycles. The molecule has 2 aromatic heterocycles. The molecule has 0 saturated heterocycles. The van der Waals surface area contributed by atoms with Crippen molar-refractivity contribution in [2.75, 3.05) is 5.32 Å². The first-order valence-electron chi connectivity index (χ1n) is 4.63. The lowest BCUT2D eigenvalue weighted by Crippen LogP contribution is -2.00. The summed E-state index contributed by atoms with van der Waals surface area (Å²) in [6.07, 6.45) is 4.33. The number of nitrogens with zero attached hydrogens (tertiary/aromatic N) is 2. The van der Waals surface area contributed by atoms with E-state index in [-0.39, 0.29) is 0 Å². The van der Waals surface area contributed by atoms with E-state index in [0.29, 0.717) is 6.04 Å². The summed E-state index contributed by atoms with van der Waals surface area (Å²) in [7, 11) is 0. The van der Waals surface area contributed by atoms with E-state index in [1.54, 1.807) is 17.5 Å². The predicted molar refractivity (Wildman–Crippen MR) is 56.3 cm³/mol. The zero-order valence-electron chi connectivity index (χ0n) is 7.53. The van der Waals surface area contributed by atoms with Gasteiger partial charge in [0.2, 0.25) is 0 Å². The lowest BCUT2D eigenvalue weighted by Gasteiger charge is -1.95. The van der Waals surface area contributed by atoms with Gasteiger partial charge in [-0.15, -0.1) is 11.3 Å². The van der Waals surface area contributed by atoms with E-state index in [1.807, 2.05) is 11.4 Å². The Bertz CT molecular complexity index is 416. The molecule has 1 aliphatic carbocycles. The van der Waals surface area contributed by atoms with Crippen LogP contribution in [-0.2, 0) is 0 Å². The normalized spacial score (nSPS) is 15.7. The Morgan fingerprint density at radius 1 is 1.50 bits per heavy atom. The van der Waals surface area contributed by atoms with Crippen LogP contribution in [0.3, 0.4) is 0 Å². The van der Waals surface area contributed by atoms with Gasteiger partial charge in [-0.25, -0.2) is 4.98 Å². The van der Waals surface area contributed by atoms with Gasteiger partial charge < -0.3 is 5.32 Å². The zero-order chi connectivity index (χ0) is 9.38. The van der Waals surface area contributed by atoms with Gasteiger partial charge in [0.1, 0.15) is 10.8 Å². The van der Waals surface area contributed by atoms with E-state index in [0.717, 1.165) is 16.5 Å². The smallest absolute Gasteiger partial charge is 0.148 e. The van der Waals surface area contributed by atoms with Crippen LogP contribution in [0.4, 0.5) is 5.82 Å². The molecule has 0 aliphatic heterocycles. The number of aromatic amines is 1. The van der Waals surface area contributed by atoms with Crippen molar-refractivity contribution in [3.8, 4) is 10.7 Å². The highest BCUT2D eigenvalue weighted by atomic mass is 32.1. The van der Waals surface area contributed by atoms with E-state index in [2.05, 4.69) is 20.5 Å². The fourth-order valence-corrected chi connectivity index (χ4v) is 1.90. The highest BCUT2D eigenvalue weighted by Gasteiger charge is 2.21. The summed E-state index contributed by atoms with van der Waals surface area (Å²) in [5.41, 5.74) is 0.989. The first-order valence-corrected chi connectivity index (χ1v) is 5.51. The van der Waals surface area contributed by atoms with Crippen LogP contribution in [0.15, 0.2) is 17.6 Å². The second kappa shape index (κ2) is 3.09. The lowest BCUT2D eigenvalue weighted by molar-refractivity contribution is 1.05. The van der Waals surface area contributed by atoms with Crippen LogP contribution < -0.4 is 5.32 Å². The largest absolute Gasteiger partial charge is 0.366 e. The summed E-state index contributed by atoms with van der Waals surface area (Å²) in [6.45, 7) is 0. The third-order valence-electron chi connectivity index (χ3n) is 2.17. The van der Waals surface area contributed by atoms with Crippen molar-refractivity contribution in [3.63, 3.8) is 0 Å². The van der Waals surface area contributed by atoms with Gasteiger partial charge in [0.15, 0.2) is 0 Å². The van der Waals surface area contributed by atoms with Crippen molar-refractivity contribution in [3.05, 3.63) is 17.6 Å². The predicted octanol–water partition coefficient (Wildman–Crippen LogP) is 2.11. The summed E-state index contributed by atoms with van der Waals surface area (Å²) in [5.74, 6) is 0.928. The van der Waals surface area contributed by atoms with Crippen LogP contribution >= 0.6 is 11.3 Å². The Balaban J connectivity index is 1.82. The fraction of sp³-hybridized carbons (Fsp3) is 0.333. The minimum absolute atomic E-state index is 0.641. The SMILES string of the molecule is c1csc(-c2cc(NC3CC3)n[nH]2)n1. The van der Waals surface area contributed by atoms with Crippen LogP contribution in [0.2, 0.25) is 0 Å². The Hall–Kier alpha value is -1.36. The molecule has 0 bridgehead atoms. The van der Waals surface area contributed by atoms with E-state index in [1.165, 1.54) is 12.8 Å². The van der Waals surface area contributed by atoms with E-state index in [9.17, 15) is 0 Å². The van der Waals surface area contributed by atoms with E-state index in [4.69, 9.17) is 0 Å². The highest BCUT2D eigenvalue weighted by molar-refractivity contribution is 7.13. The topological polar surface area (TPSA) is 53.6 Å². The molecule has 2 aromatic rings. The van der Waals surface area contributed by atoms with Crippen molar-refractivity contribution in [2.45, 2.75) is 18.9 Å². The number of thiazole rings is 1. The number of H-pyrrole nitrogens is 1. The first-order chi connectivity index (χ1) is 6.92. The number of aromatic nitrogens is 3. The Kier molecular flexibility index (Phi) is 1.77. The van der Waals surface area contributed by atoms with E-state index < -0.39 is 0 Å². The fourth-order valence-electron chi connectivity index (χ4n) is 1.30. The molecule has 0 radical (unpaired) electrons. The lowest BCUT2D eigenvalue weighted by atomic mass is 10.4. The average Bonchev–Trinajstić information content (AvgIpc) is 2.71. The molecule has 5 heteroatoms. The van der Waals surface area contributed by atoms with Gasteiger partial charge >= 0.3 is 0 Å². The van der Waals surface area contributed by atoms with Crippen molar-refractivity contribution in [1.82, 2.24) is 15.2 Å². The molecular weight excluding hydrogens is 196 g/mol. The van der Waals surface area contributed by atoms with Gasteiger partial charge in [0.25, 0.3) is 0 Å². The van der Waals surface area contributed by atoms with Gasteiger partial charge in [0, 0.05) is 23.7 Å². The second-order valence-electron chi connectivity index (χ2n) is 3.42. The maximum absolute atomic E-state index is 4.21. The van der Waals surface area contributed by atoms with E-state index >= 15 is 0 Å². The molecule has 4 nitrogen and oxygen atoms in total. The number of rotatable bonds is 3. The molecular formula is C9H10N4S. The molecule has 0 unspecified atom stereocenters. The summed E-state index contributed by atoms with van der Waals surface area (Å²) in [5, 5.41) is 13.4. The summed E-state index contributed by atoms with van der Waals surface area (Å²) >= 11 is 1.61. The van der Waals surface area contributed by atoms with Crippen molar-refractivity contribution in [2.24, 2.45) is 0 Å². The monoisotopic (exact) mass is 206 g/mol. The maximum Gasteiger partial charge on any atom is 0.148 e. The van der Waals surface area contributed by atoms with Crippen LogP contribution in [0.25, 0.3) is 10.7 Å². The van der Waals surface area contributed by atoms with Crippen molar-refractivity contribution < 1.29 is 0 Å². The third kappa shape index (κ3) is 1.50. The Labute approximate surface area is 85.4 Å². The number of nitrogens with one attached hydrogen (secondary N) is 2. The van der Waals surface area contributed by atoms with Gasteiger partial charge in [-0.2, -0.15) is 5.10 Å². The van der Waals surface area contributed by atoms with Crippen molar-refractivity contribution in [1.29, 1.82) is 0 Å². The highest BCUT2D eigenvalue weighted by Crippen LogP contribution is 2.26. The van der Waals surface area contributed by atoms with Gasteiger partial charge in [-0.05, 0) is 12.8 Å². The van der Waals surface area contributed by atoms with Crippen LogP contribution in [0.1, 0.15) is 12.8 Å². The average molecular weight is 206 g/mol. The molecule has 0 spiro atoms. The number of hydrogen-bond donors (Lipinski definition) is 2. The second-order valence-corrected chi connectivity index (χ2v) is 4.32. The van der Waals surface area contributed by atoms with Crippen molar-refractivity contribution >= 4 is 17.2 Å². The molecule has 72 valence electrons. The molecule has 0 atom stereocenters. The molecule has 1 fully saturated rings. The molecule has 1 saturated carbocycles. The molecule has 0 amide bonds. The molecule has 3 rings (SSSR count). The Morgan fingerprint density at radius 2 is 2.43 bits per heavy atom. The first kappa shape index (κ1) is 7.99. The summed E-state index contributed by atoms with van der Waals surface area (Å²) < 4.78 is 0. The minimum atomic E-state index is 0.641. The quantitative estimate of drug-likeness (QED) is 0.808. The van der Waals surface area contributed by atoms with Crippen LogP contribution in [0.5, 0.6) is 0 Å². The van der Waals surface area contributed by atoms with Gasteiger partial charge in [-0.1, -0.05) is 0 Å². The number of hydrogen-bond acceptors (Lipinski definition) is 4. The molecule has 1 aliphatic rings. The standard InChI is InChI=1S/C9H10N4S/c1-2-6(1)11-8-5-7(12-13-8)9-10-3-4-14-9/h3-6H,1-2H2,(H2,11,12,13). The van der Waals surface area contributed by atoms with Crippen LogP contribution in [-0.4, -0.2) is 21.2 Å². The van der Waals surface area contributed by atoms with Gasteiger partial charge in [-0.3, -0.25) is 5.10 Å². The molecule has 14 heavy (non-hydrogen) atoms. The number of anilines is 1. The third-order valence-corrected chi connectivity index (χ3v) is 2.98. The summed E-state index contributed by atoms with van der Waals surface area (Å²) in [6, 6.07) is 2.65. The Morgan fingerprint density at radius 3 is 3.14 bits per heavy atom. The zero-order valence-corrected chi connectivity index (χ0v) is 8.34. The molecule has 2 N–H and O–H groups in total. The maximum atomic E-state index is 4.21.